The van der Waals surface area contributed by atoms with Gasteiger partial charge in [0.25, 0.3) is 0 Å². The van der Waals surface area contributed by atoms with Crippen LogP contribution in [0.3, 0.4) is 0 Å². The van der Waals surface area contributed by atoms with Gasteiger partial charge in [-0.25, -0.2) is 4.98 Å². The van der Waals surface area contributed by atoms with E-state index in [9.17, 15) is 0 Å². The highest BCUT2D eigenvalue weighted by Crippen LogP contribution is 2.14. The van der Waals surface area contributed by atoms with Gasteiger partial charge in [0, 0.05) is 24.8 Å². The molecule has 2 aromatic rings. The van der Waals surface area contributed by atoms with Crippen molar-refractivity contribution >= 4 is 11.8 Å². The lowest BCUT2D eigenvalue weighted by Crippen LogP contribution is -2.11. The van der Waals surface area contributed by atoms with E-state index in [1.54, 1.807) is 7.11 Å². The predicted molar refractivity (Wildman–Crippen MR) is 95.4 cm³/mol. The molecule has 0 aliphatic heterocycles. The summed E-state index contributed by atoms with van der Waals surface area (Å²) in [5.41, 5.74) is 2.19. The second-order valence-electron chi connectivity index (χ2n) is 5.53. The van der Waals surface area contributed by atoms with Crippen LogP contribution in [-0.2, 0) is 6.42 Å². The standard InChI is InChI=1S/C18H26N4O/c1-4-5-10-19-17-12-14(2)21-18(22-17)20-11-9-15-7-6-8-16(13-15)23-3/h6-8,12-13H,4-5,9-11H2,1-3H3,(H2,19,20,21,22). The van der Waals surface area contributed by atoms with Crippen LogP contribution in [0.25, 0.3) is 0 Å². The molecule has 5 heteroatoms. The van der Waals surface area contributed by atoms with Gasteiger partial charge in [-0.15, -0.1) is 0 Å². The van der Waals surface area contributed by atoms with Crippen molar-refractivity contribution in [2.75, 3.05) is 30.8 Å². The van der Waals surface area contributed by atoms with Gasteiger partial charge in [0.05, 0.1) is 7.11 Å². The fourth-order valence-electron chi connectivity index (χ4n) is 2.28. The molecule has 0 radical (unpaired) electrons. The number of aryl methyl sites for hydroxylation is 1. The van der Waals surface area contributed by atoms with Crippen molar-refractivity contribution in [1.82, 2.24) is 9.97 Å². The fraction of sp³-hybridized carbons (Fsp3) is 0.444. The predicted octanol–water partition coefficient (Wildman–Crippen LogP) is 3.66. The van der Waals surface area contributed by atoms with Crippen LogP contribution in [0.4, 0.5) is 11.8 Å². The van der Waals surface area contributed by atoms with E-state index in [-0.39, 0.29) is 0 Å². The molecule has 124 valence electrons. The molecule has 0 bridgehead atoms. The molecular formula is C18H26N4O. The van der Waals surface area contributed by atoms with Gasteiger partial charge in [0.15, 0.2) is 0 Å². The first-order valence-corrected chi connectivity index (χ1v) is 8.17. The van der Waals surface area contributed by atoms with Crippen LogP contribution in [0.15, 0.2) is 30.3 Å². The lowest BCUT2D eigenvalue weighted by Gasteiger charge is -2.10. The quantitative estimate of drug-likeness (QED) is 0.692. The summed E-state index contributed by atoms with van der Waals surface area (Å²) < 4.78 is 5.24. The Balaban J connectivity index is 1.89. The molecule has 0 aliphatic rings. The largest absolute Gasteiger partial charge is 0.497 e. The molecular weight excluding hydrogens is 288 g/mol. The molecule has 1 aromatic carbocycles. The SMILES string of the molecule is CCCCNc1cc(C)nc(NCCc2cccc(OC)c2)n1. The van der Waals surface area contributed by atoms with E-state index < -0.39 is 0 Å². The minimum Gasteiger partial charge on any atom is -0.497 e. The van der Waals surface area contributed by atoms with Crippen LogP contribution in [0.5, 0.6) is 5.75 Å². The van der Waals surface area contributed by atoms with Crippen LogP contribution in [-0.4, -0.2) is 30.2 Å². The maximum Gasteiger partial charge on any atom is 0.224 e. The van der Waals surface area contributed by atoms with Gasteiger partial charge in [-0.3, -0.25) is 0 Å². The van der Waals surface area contributed by atoms with Crippen LogP contribution >= 0.6 is 0 Å². The first kappa shape index (κ1) is 17.1. The number of unbranched alkanes of at least 4 members (excludes halogenated alkanes) is 1. The molecule has 0 unspecified atom stereocenters. The summed E-state index contributed by atoms with van der Waals surface area (Å²) >= 11 is 0. The van der Waals surface area contributed by atoms with Crippen molar-refractivity contribution in [3.8, 4) is 5.75 Å². The first-order valence-electron chi connectivity index (χ1n) is 8.17. The maximum absolute atomic E-state index is 5.24. The second-order valence-corrected chi connectivity index (χ2v) is 5.53. The average molecular weight is 314 g/mol. The molecule has 1 heterocycles. The zero-order valence-corrected chi connectivity index (χ0v) is 14.2. The molecule has 0 fully saturated rings. The highest BCUT2D eigenvalue weighted by Gasteiger charge is 2.02. The van der Waals surface area contributed by atoms with E-state index in [2.05, 4.69) is 39.7 Å². The summed E-state index contributed by atoms with van der Waals surface area (Å²) in [5, 5.41) is 6.64. The Bertz CT molecular complexity index is 616. The summed E-state index contributed by atoms with van der Waals surface area (Å²) in [4.78, 5) is 8.95. The molecule has 0 aliphatic carbocycles. The number of nitrogens with one attached hydrogen (secondary N) is 2. The lowest BCUT2D eigenvalue weighted by molar-refractivity contribution is 0.414. The third-order valence-electron chi connectivity index (χ3n) is 3.52. The van der Waals surface area contributed by atoms with Gasteiger partial charge in [0.2, 0.25) is 5.95 Å². The van der Waals surface area contributed by atoms with Crippen molar-refractivity contribution in [1.29, 1.82) is 0 Å². The molecule has 1 aromatic heterocycles. The molecule has 2 rings (SSSR count). The van der Waals surface area contributed by atoms with Gasteiger partial charge < -0.3 is 15.4 Å². The topological polar surface area (TPSA) is 59.1 Å². The number of ether oxygens (including phenoxy) is 1. The Kier molecular flexibility index (Phi) is 6.66. The number of methoxy groups -OCH3 is 1. The van der Waals surface area contributed by atoms with Crippen LogP contribution in [0, 0.1) is 6.92 Å². The van der Waals surface area contributed by atoms with E-state index in [0.29, 0.717) is 5.95 Å². The third kappa shape index (κ3) is 5.77. The first-order chi connectivity index (χ1) is 11.2. The summed E-state index contributed by atoms with van der Waals surface area (Å²) in [5.74, 6) is 2.44. The van der Waals surface area contributed by atoms with E-state index in [1.807, 2.05) is 25.1 Å². The van der Waals surface area contributed by atoms with Gasteiger partial charge in [-0.2, -0.15) is 4.98 Å². The Morgan fingerprint density at radius 2 is 1.96 bits per heavy atom. The number of hydrogen-bond donors (Lipinski definition) is 2. The van der Waals surface area contributed by atoms with Crippen molar-refractivity contribution in [3.63, 3.8) is 0 Å². The molecule has 5 nitrogen and oxygen atoms in total. The molecule has 0 saturated heterocycles. The smallest absolute Gasteiger partial charge is 0.224 e. The lowest BCUT2D eigenvalue weighted by atomic mass is 10.1. The van der Waals surface area contributed by atoms with Crippen molar-refractivity contribution in [3.05, 3.63) is 41.6 Å². The Hall–Kier alpha value is -2.30. The molecule has 0 spiro atoms. The Labute approximate surface area is 138 Å². The van der Waals surface area contributed by atoms with Crippen molar-refractivity contribution < 1.29 is 4.74 Å². The Morgan fingerprint density at radius 1 is 1.09 bits per heavy atom. The van der Waals surface area contributed by atoms with Crippen molar-refractivity contribution in [2.24, 2.45) is 0 Å². The van der Waals surface area contributed by atoms with Gasteiger partial charge >= 0.3 is 0 Å². The van der Waals surface area contributed by atoms with Crippen LogP contribution in [0.1, 0.15) is 31.0 Å². The molecule has 23 heavy (non-hydrogen) atoms. The molecule has 0 saturated carbocycles. The van der Waals surface area contributed by atoms with Crippen LogP contribution in [0.2, 0.25) is 0 Å². The summed E-state index contributed by atoms with van der Waals surface area (Å²) in [6, 6.07) is 10.1. The number of aromatic nitrogens is 2. The van der Waals surface area contributed by atoms with Gasteiger partial charge in [0.1, 0.15) is 11.6 Å². The van der Waals surface area contributed by atoms with Crippen molar-refractivity contribution in [2.45, 2.75) is 33.1 Å². The normalized spacial score (nSPS) is 10.4. The highest BCUT2D eigenvalue weighted by molar-refractivity contribution is 5.42. The fourth-order valence-corrected chi connectivity index (χ4v) is 2.28. The summed E-state index contributed by atoms with van der Waals surface area (Å²) in [6.45, 7) is 5.89. The number of benzene rings is 1. The van der Waals surface area contributed by atoms with Crippen LogP contribution < -0.4 is 15.4 Å². The number of anilines is 2. The van der Waals surface area contributed by atoms with E-state index in [0.717, 1.165) is 43.2 Å². The minimum absolute atomic E-state index is 0.673. The van der Waals surface area contributed by atoms with Gasteiger partial charge in [-0.05, 0) is 37.5 Å². The number of hydrogen-bond acceptors (Lipinski definition) is 5. The monoisotopic (exact) mass is 314 g/mol. The third-order valence-corrected chi connectivity index (χ3v) is 3.52. The summed E-state index contributed by atoms with van der Waals surface area (Å²) in [7, 11) is 1.69. The van der Waals surface area contributed by atoms with E-state index in [4.69, 9.17) is 4.74 Å². The molecule has 2 N–H and O–H groups in total. The van der Waals surface area contributed by atoms with E-state index >= 15 is 0 Å². The number of nitrogens with zero attached hydrogens (tertiary/aromatic N) is 2. The Morgan fingerprint density at radius 3 is 2.74 bits per heavy atom. The van der Waals surface area contributed by atoms with Gasteiger partial charge in [-0.1, -0.05) is 25.5 Å². The second kappa shape index (κ2) is 8.98. The number of rotatable bonds is 9. The maximum atomic E-state index is 5.24. The highest BCUT2D eigenvalue weighted by atomic mass is 16.5. The zero-order valence-electron chi connectivity index (χ0n) is 14.2. The average Bonchev–Trinajstić information content (AvgIpc) is 2.55. The molecule has 0 atom stereocenters. The zero-order chi connectivity index (χ0) is 16.5. The summed E-state index contributed by atoms with van der Waals surface area (Å²) in [6.07, 6.45) is 3.21. The van der Waals surface area contributed by atoms with E-state index in [1.165, 1.54) is 12.0 Å². The minimum atomic E-state index is 0.673. The molecule has 0 amide bonds.